The van der Waals surface area contributed by atoms with Crippen LogP contribution in [0.15, 0.2) is 36.4 Å². The molecule has 0 bridgehead atoms. The van der Waals surface area contributed by atoms with Crippen LogP contribution in [0.1, 0.15) is 17.8 Å². The molecule has 1 unspecified atom stereocenters. The maximum Gasteiger partial charge on any atom is 0.123 e. The molecule has 19 heavy (non-hydrogen) atoms. The van der Waals surface area contributed by atoms with Crippen molar-refractivity contribution in [2.24, 2.45) is 5.73 Å². The van der Waals surface area contributed by atoms with Crippen molar-refractivity contribution in [3.63, 3.8) is 0 Å². The summed E-state index contributed by atoms with van der Waals surface area (Å²) >= 11 is 7.52. The van der Waals surface area contributed by atoms with E-state index in [0.717, 1.165) is 21.4 Å². The number of thiophene rings is 1. The lowest BCUT2D eigenvalue weighted by Crippen LogP contribution is -2.33. The van der Waals surface area contributed by atoms with Crippen LogP contribution in [0, 0.1) is 5.82 Å². The van der Waals surface area contributed by atoms with E-state index < -0.39 is 0 Å². The Kier molecular flexibility index (Phi) is 4.80. The van der Waals surface area contributed by atoms with E-state index in [0.29, 0.717) is 6.54 Å². The largest absolute Gasteiger partial charge is 0.363 e. The number of hydrogen-bond acceptors (Lipinski definition) is 3. The van der Waals surface area contributed by atoms with Crippen LogP contribution in [0.4, 0.5) is 10.1 Å². The molecule has 2 aromatic rings. The van der Waals surface area contributed by atoms with Crippen LogP contribution in [0.25, 0.3) is 0 Å². The molecule has 1 atom stereocenters. The number of anilines is 1. The number of nitrogens with zero attached hydrogens (tertiary/aromatic N) is 1. The van der Waals surface area contributed by atoms with Gasteiger partial charge in [-0.05, 0) is 43.3 Å². The summed E-state index contributed by atoms with van der Waals surface area (Å²) in [6.07, 6.45) is 0. The molecular weight excluding hydrogens is 283 g/mol. The number of halogens is 2. The molecule has 5 heteroatoms. The average Bonchev–Trinajstić information content (AvgIpc) is 2.83. The van der Waals surface area contributed by atoms with Crippen LogP contribution in [0.2, 0.25) is 4.34 Å². The number of rotatable bonds is 5. The molecule has 0 spiro atoms. The number of hydrogen-bond donors (Lipinski definition) is 1. The van der Waals surface area contributed by atoms with Gasteiger partial charge in [0.05, 0.1) is 10.4 Å². The fourth-order valence-electron chi connectivity index (χ4n) is 2.12. The fourth-order valence-corrected chi connectivity index (χ4v) is 3.31. The Hall–Kier alpha value is -1.10. The van der Waals surface area contributed by atoms with Gasteiger partial charge < -0.3 is 10.6 Å². The zero-order valence-electron chi connectivity index (χ0n) is 10.6. The van der Waals surface area contributed by atoms with E-state index in [2.05, 4.69) is 11.8 Å². The lowest BCUT2D eigenvalue weighted by molar-refractivity contribution is 0.624. The first-order valence-electron chi connectivity index (χ1n) is 6.13. The Morgan fingerprint density at radius 2 is 1.95 bits per heavy atom. The van der Waals surface area contributed by atoms with E-state index in [1.807, 2.05) is 12.1 Å². The van der Waals surface area contributed by atoms with E-state index in [4.69, 9.17) is 17.3 Å². The van der Waals surface area contributed by atoms with Gasteiger partial charge >= 0.3 is 0 Å². The smallest absolute Gasteiger partial charge is 0.123 e. The van der Waals surface area contributed by atoms with Crippen molar-refractivity contribution in [2.45, 2.75) is 13.0 Å². The first kappa shape index (κ1) is 14.3. The van der Waals surface area contributed by atoms with E-state index in [1.54, 1.807) is 12.1 Å². The second-order valence-electron chi connectivity index (χ2n) is 4.16. The molecule has 0 radical (unpaired) electrons. The third kappa shape index (κ3) is 3.26. The predicted molar refractivity (Wildman–Crippen MR) is 80.5 cm³/mol. The monoisotopic (exact) mass is 298 g/mol. The van der Waals surface area contributed by atoms with E-state index >= 15 is 0 Å². The Bertz CT molecular complexity index is 526. The Morgan fingerprint density at radius 1 is 1.26 bits per heavy atom. The predicted octanol–water partition coefficient (Wildman–Crippen LogP) is 4.07. The molecular formula is C14H16ClFN2S. The zero-order chi connectivity index (χ0) is 13.8. The maximum atomic E-state index is 13.0. The maximum absolute atomic E-state index is 13.0. The van der Waals surface area contributed by atoms with E-state index in [9.17, 15) is 4.39 Å². The van der Waals surface area contributed by atoms with Crippen LogP contribution in [-0.2, 0) is 0 Å². The van der Waals surface area contributed by atoms with Gasteiger partial charge in [0.2, 0.25) is 0 Å². The summed E-state index contributed by atoms with van der Waals surface area (Å²) in [6.45, 7) is 3.34. The standard InChI is InChI=1S/C14H16ClFN2S/c1-2-18(11-5-3-10(16)4-6-11)12(9-17)13-7-8-14(15)19-13/h3-8,12H,2,9,17H2,1H3. The lowest BCUT2D eigenvalue weighted by Gasteiger charge is -2.31. The first-order chi connectivity index (χ1) is 9.15. The molecule has 1 aromatic heterocycles. The zero-order valence-corrected chi connectivity index (χ0v) is 12.2. The van der Waals surface area contributed by atoms with Crippen molar-refractivity contribution in [1.29, 1.82) is 0 Å². The Labute approximate surface area is 121 Å². The summed E-state index contributed by atoms with van der Waals surface area (Å²) in [4.78, 5) is 3.28. The molecule has 0 aliphatic carbocycles. The van der Waals surface area contributed by atoms with Crippen molar-refractivity contribution in [3.05, 3.63) is 51.4 Å². The molecule has 0 saturated carbocycles. The minimum absolute atomic E-state index is 0.0629. The minimum Gasteiger partial charge on any atom is -0.363 e. The number of benzene rings is 1. The van der Waals surface area contributed by atoms with Gasteiger partial charge in [-0.1, -0.05) is 11.6 Å². The summed E-state index contributed by atoms with van der Waals surface area (Å²) < 4.78 is 13.8. The van der Waals surface area contributed by atoms with Crippen LogP contribution in [0.5, 0.6) is 0 Å². The van der Waals surface area contributed by atoms with Crippen LogP contribution >= 0.6 is 22.9 Å². The SMILES string of the molecule is CCN(c1ccc(F)cc1)C(CN)c1ccc(Cl)s1. The summed E-state index contributed by atoms with van der Waals surface area (Å²) in [5.74, 6) is -0.233. The quantitative estimate of drug-likeness (QED) is 0.901. The van der Waals surface area contributed by atoms with E-state index in [1.165, 1.54) is 23.5 Å². The Morgan fingerprint density at radius 3 is 2.42 bits per heavy atom. The van der Waals surface area contributed by atoms with Gasteiger partial charge in [-0.2, -0.15) is 0 Å². The minimum atomic E-state index is -0.233. The van der Waals surface area contributed by atoms with Crippen LogP contribution in [-0.4, -0.2) is 13.1 Å². The van der Waals surface area contributed by atoms with Gasteiger partial charge in [-0.3, -0.25) is 0 Å². The van der Waals surface area contributed by atoms with Gasteiger partial charge in [-0.25, -0.2) is 4.39 Å². The van der Waals surface area contributed by atoms with Gasteiger partial charge in [0, 0.05) is 23.7 Å². The highest BCUT2D eigenvalue weighted by molar-refractivity contribution is 7.16. The summed E-state index contributed by atoms with van der Waals surface area (Å²) in [7, 11) is 0. The first-order valence-corrected chi connectivity index (χ1v) is 7.32. The van der Waals surface area contributed by atoms with Gasteiger partial charge in [0.15, 0.2) is 0 Å². The second-order valence-corrected chi connectivity index (χ2v) is 5.90. The Balaban J connectivity index is 2.31. The highest BCUT2D eigenvalue weighted by Gasteiger charge is 2.20. The van der Waals surface area contributed by atoms with Gasteiger partial charge in [0.1, 0.15) is 5.82 Å². The van der Waals surface area contributed by atoms with Crippen molar-refractivity contribution in [3.8, 4) is 0 Å². The summed E-state index contributed by atoms with van der Waals surface area (Å²) in [6, 6.07) is 10.4. The van der Waals surface area contributed by atoms with Crippen molar-refractivity contribution in [1.82, 2.24) is 0 Å². The highest BCUT2D eigenvalue weighted by Crippen LogP contribution is 2.32. The summed E-state index contributed by atoms with van der Waals surface area (Å²) in [5, 5.41) is 0. The van der Waals surface area contributed by atoms with Crippen molar-refractivity contribution < 1.29 is 4.39 Å². The van der Waals surface area contributed by atoms with Gasteiger partial charge in [0.25, 0.3) is 0 Å². The molecule has 1 heterocycles. The molecule has 0 fully saturated rings. The van der Waals surface area contributed by atoms with Crippen LogP contribution in [0.3, 0.4) is 0 Å². The third-order valence-corrected chi connectivity index (χ3v) is 4.35. The molecule has 102 valence electrons. The molecule has 0 aliphatic heterocycles. The lowest BCUT2D eigenvalue weighted by atomic mass is 10.1. The molecule has 2 nitrogen and oxygen atoms in total. The molecule has 2 N–H and O–H groups in total. The van der Waals surface area contributed by atoms with Crippen molar-refractivity contribution in [2.75, 3.05) is 18.0 Å². The number of likely N-dealkylation sites (N-methyl/N-ethyl adjacent to an activating group) is 1. The molecule has 0 amide bonds. The molecule has 2 rings (SSSR count). The van der Waals surface area contributed by atoms with Crippen molar-refractivity contribution >= 4 is 28.6 Å². The molecule has 0 saturated heterocycles. The van der Waals surface area contributed by atoms with Crippen LogP contribution < -0.4 is 10.6 Å². The number of nitrogens with two attached hydrogens (primary N) is 1. The topological polar surface area (TPSA) is 29.3 Å². The fraction of sp³-hybridized carbons (Fsp3) is 0.286. The third-order valence-electron chi connectivity index (χ3n) is 3.02. The highest BCUT2D eigenvalue weighted by atomic mass is 35.5. The normalized spacial score (nSPS) is 12.4. The van der Waals surface area contributed by atoms with Gasteiger partial charge in [-0.15, -0.1) is 11.3 Å². The molecule has 0 aliphatic rings. The molecule has 1 aromatic carbocycles. The average molecular weight is 299 g/mol. The second kappa shape index (κ2) is 6.37. The summed E-state index contributed by atoms with van der Waals surface area (Å²) in [5.41, 5.74) is 6.87. The van der Waals surface area contributed by atoms with E-state index in [-0.39, 0.29) is 11.9 Å².